The Morgan fingerprint density at radius 3 is 2.48 bits per heavy atom. The van der Waals surface area contributed by atoms with E-state index in [-0.39, 0.29) is 0 Å². The number of fused-ring (bicyclic) bond motifs is 4. The molecule has 1 aromatic heterocycles. The highest BCUT2D eigenvalue weighted by atomic mass is 79.9. The van der Waals surface area contributed by atoms with Gasteiger partial charge in [-0.3, -0.25) is 0 Å². The van der Waals surface area contributed by atoms with Gasteiger partial charge in [0.2, 0.25) is 0 Å². The van der Waals surface area contributed by atoms with Crippen molar-refractivity contribution in [3.05, 3.63) is 88.4 Å². The van der Waals surface area contributed by atoms with E-state index in [1.807, 2.05) is 11.3 Å². The molecule has 0 unspecified atom stereocenters. The molecule has 3 aromatic carbocycles. The fourth-order valence-corrected chi connectivity index (χ4v) is 4.34. The quantitative estimate of drug-likeness (QED) is 0.306. The molecule has 0 amide bonds. The molecule has 1 heterocycles. The molecule has 2 heteroatoms. The number of hydrogen-bond donors (Lipinski definition) is 0. The fraction of sp³-hybridized carbons (Fsp3) is 0.0476. The Morgan fingerprint density at radius 2 is 1.57 bits per heavy atom. The van der Waals surface area contributed by atoms with E-state index in [1.54, 1.807) is 0 Å². The van der Waals surface area contributed by atoms with Gasteiger partial charge in [-0.15, -0.1) is 11.3 Å². The zero-order valence-electron chi connectivity index (χ0n) is 12.5. The average molecular weight is 379 g/mol. The molecule has 0 spiro atoms. The molecular formula is C21H15BrS. The zero-order chi connectivity index (χ0) is 15.6. The van der Waals surface area contributed by atoms with E-state index in [0.717, 1.165) is 10.9 Å². The molecular weight excluding hydrogens is 364 g/mol. The summed E-state index contributed by atoms with van der Waals surface area (Å²) in [6.07, 6.45) is 5.50. The minimum absolute atomic E-state index is 1.12. The van der Waals surface area contributed by atoms with Gasteiger partial charge in [-0.05, 0) is 41.8 Å². The smallest absolute Gasteiger partial charge is 0.0356 e. The highest BCUT2D eigenvalue weighted by Crippen LogP contribution is 2.34. The maximum absolute atomic E-state index is 3.51. The maximum atomic E-state index is 3.51. The molecule has 1 aliphatic rings. The first kappa shape index (κ1) is 14.7. The number of allylic oxidation sites excluding steroid dienone is 1. The van der Waals surface area contributed by atoms with Gasteiger partial charge >= 0.3 is 0 Å². The Balaban J connectivity index is 0.000000130. The van der Waals surface area contributed by atoms with Crippen molar-refractivity contribution in [3.8, 4) is 0 Å². The first-order chi connectivity index (χ1) is 11.3. The van der Waals surface area contributed by atoms with Crippen LogP contribution in [0.25, 0.3) is 26.2 Å². The van der Waals surface area contributed by atoms with E-state index in [4.69, 9.17) is 0 Å². The Hall–Kier alpha value is -1.90. The van der Waals surface area contributed by atoms with Crippen LogP contribution in [0.2, 0.25) is 0 Å². The van der Waals surface area contributed by atoms with Crippen LogP contribution < -0.4 is 0 Å². The summed E-state index contributed by atoms with van der Waals surface area (Å²) in [6.45, 7) is 0. The number of hydrogen-bond acceptors (Lipinski definition) is 1. The summed E-state index contributed by atoms with van der Waals surface area (Å²) in [5.41, 5.74) is 2.84. The van der Waals surface area contributed by atoms with E-state index in [9.17, 15) is 0 Å². The molecule has 0 saturated carbocycles. The van der Waals surface area contributed by atoms with Crippen LogP contribution in [0.5, 0.6) is 0 Å². The molecule has 1 aliphatic carbocycles. The topological polar surface area (TPSA) is 0 Å². The van der Waals surface area contributed by atoms with Crippen molar-refractivity contribution < 1.29 is 0 Å². The predicted molar refractivity (Wildman–Crippen MR) is 106 cm³/mol. The third-order valence-corrected chi connectivity index (χ3v) is 5.67. The lowest BCUT2D eigenvalue weighted by molar-refractivity contribution is 1.31. The van der Waals surface area contributed by atoms with Crippen LogP contribution in [0, 0.1) is 0 Å². The average Bonchev–Trinajstić information content (AvgIpc) is 3.19. The van der Waals surface area contributed by atoms with Crippen LogP contribution >= 0.6 is 27.3 Å². The van der Waals surface area contributed by atoms with Crippen molar-refractivity contribution in [1.82, 2.24) is 0 Å². The SMILES string of the molecule is Brc1ccc2sc3ccccc3c2c1.C1=Cc2ccccc2C1. The molecule has 0 atom stereocenters. The van der Waals surface area contributed by atoms with Gasteiger partial charge < -0.3 is 0 Å². The number of benzene rings is 3. The molecule has 0 radical (unpaired) electrons. The molecule has 0 N–H and O–H groups in total. The summed E-state index contributed by atoms with van der Waals surface area (Å²) in [6, 6.07) is 23.5. The third-order valence-electron chi connectivity index (χ3n) is 4.03. The second-order valence-corrected chi connectivity index (χ2v) is 7.54. The molecule has 0 fully saturated rings. The van der Waals surface area contributed by atoms with Gasteiger partial charge in [-0.25, -0.2) is 0 Å². The fourth-order valence-electron chi connectivity index (χ4n) is 2.89. The van der Waals surface area contributed by atoms with Crippen LogP contribution in [-0.4, -0.2) is 0 Å². The van der Waals surface area contributed by atoms with E-state index >= 15 is 0 Å². The largest absolute Gasteiger partial charge is 0.135 e. The first-order valence-electron chi connectivity index (χ1n) is 7.62. The normalized spacial score (nSPS) is 12.2. The second kappa shape index (κ2) is 6.31. The van der Waals surface area contributed by atoms with Crippen molar-refractivity contribution in [2.75, 3.05) is 0 Å². The zero-order valence-corrected chi connectivity index (χ0v) is 14.9. The Kier molecular flexibility index (Phi) is 4.02. The molecule has 5 rings (SSSR count). The van der Waals surface area contributed by atoms with Crippen LogP contribution in [-0.2, 0) is 6.42 Å². The van der Waals surface area contributed by atoms with Crippen molar-refractivity contribution in [2.45, 2.75) is 6.42 Å². The van der Waals surface area contributed by atoms with E-state index in [1.165, 1.54) is 31.3 Å². The Labute approximate surface area is 148 Å². The van der Waals surface area contributed by atoms with Crippen molar-refractivity contribution in [2.24, 2.45) is 0 Å². The van der Waals surface area contributed by atoms with E-state index in [2.05, 4.69) is 94.8 Å². The summed E-state index contributed by atoms with van der Waals surface area (Å²) in [5, 5.41) is 2.70. The molecule has 0 bridgehead atoms. The molecule has 0 nitrogen and oxygen atoms in total. The number of thiophene rings is 1. The summed E-state index contributed by atoms with van der Waals surface area (Å²) in [7, 11) is 0. The number of rotatable bonds is 0. The number of halogens is 1. The molecule has 0 aliphatic heterocycles. The van der Waals surface area contributed by atoms with E-state index < -0.39 is 0 Å². The lowest BCUT2D eigenvalue weighted by Crippen LogP contribution is -1.76. The van der Waals surface area contributed by atoms with Gasteiger partial charge in [0.05, 0.1) is 0 Å². The summed E-state index contributed by atoms with van der Waals surface area (Å²) < 4.78 is 3.86. The van der Waals surface area contributed by atoms with Crippen LogP contribution in [0.1, 0.15) is 11.1 Å². The van der Waals surface area contributed by atoms with Gasteiger partial charge in [0.25, 0.3) is 0 Å². The van der Waals surface area contributed by atoms with Gasteiger partial charge in [-0.2, -0.15) is 0 Å². The van der Waals surface area contributed by atoms with Crippen LogP contribution in [0.15, 0.2) is 77.3 Å². The first-order valence-corrected chi connectivity index (χ1v) is 9.23. The molecule has 0 saturated heterocycles. The Morgan fingerprint density at radius 1 is 0.783 bits per heavy atom. The maximum Gasteiger partial charge on any atom is 0.0356 e. The molecule has 4 aromatic rings. The van der Waals surface area contributed by atoms with Crippen LogP contribution in [0.4, 0.5) is 0 Å². The Bertz CT molecular complexity index is 1010. The lowest BCUT2D eigenvalue weighted by Gasteiger charge is -1.93. The monoisotopic (exact) mass is 378 g/mol. The second-order valence-electron chi connectivity index (χ2n) is 5.54. The van der Waals surface area contributed by atoms with Gasteiger partial charge in [0.1, 0.15) is 0 Å². The van der Waals surface area contributed by atoms with Crippen molar-refractivity contribution in [1.29, 1.82) is 0 Å². The van der Waals surface area contributed by atoms with Gasteiger partial charge in [0, 0.05) is 24.6 Å². The summed E-state index contributed by atoms with van der Waals surface area (Å²) >= 11 is 5.36. The van der Waals surface area contributed by atoms with Crippen LogP contribution in [0.3, 0.4) is 0 Å². The summed E-state index contributed by atoms with van der Waals surface area (Å²) in [4.78, 5) is 0. The van der Waals surface area contributed by atoms with E-state index in [0.29, 0.717) is 0 Å². The van der Waals surface area contributed by atoms with Crippen molar-refractivity contribution >= 4 is 53.5 Å². The predicted octanol–water partition coefficient (Wildman–Crippen LogP) is 7.07. The summed E-state index contributed by atoms with van der Waals surface area (Å²) in [5.74, 6) is 0. The lowest BCUT2D eigenvalue weighted by atomic mass is 10.1. The molecule has 112 valence electrons. The van der Waals surface area contributed by atoms with Gasteiger partial charge in [0.15, 0.2) is 0 Å². The molecule has 23 heavy (non-hydrogen) atoms. The van der Waals surface area contributed by atoms with Gasteiger partial charge in [-0.1, -0.05) is 70.5 Å². The minimum Gasteiger partial charge on any atom is -0.135 e. The third kappa shape index (κ3) is 2.97. The highest BCUT2D eigenvalue weighted by molar-refractivity contribution is 9.10. The highest BCUT2D eigenvalue weighted by Gasteiger charge is 2.03. The standard InChI is InChI=1S/C12H7BrS.C9H8/c13-8-5-6-12-10(7-8)9-3-1-2-4-11(9)14-12;1-2-5-9-7-3-6-8(9)4-1/h1-7H;1-6H,7H2. The van der Waals surface area contributed by atoms with Crippen molar-refractivity contribution in [3.63, 3.8) is 0 Å². The minimum atomic E-state index is 1.12.